The normalized spacial score (nSPS) is 11.8. The predicted molar refractivity (Wildman–Crippen MR) is 120 cm³/mol. The molecule has 0 spiro atoms. The molecule has 4 rings (SSSR count). The molecule has 0 saturated carbocycles. The molecular formula is C23H18ClFN4OS. The first kappa shape index (κ1) is 21.1. The lowest BCUT2D eigenvalue weighted by Gasteiger charge is -2.20. The summed E-state index contributed by atoms with van der Waals surface area (Å²) in [5.41, 5.74) is 2.21. The summed E-state index contributed by atoms with van der Waals surface area (Å²) in [5.74, 6) is -0.471. The van der Waals surface area contributed by atoms with E-state index >= 15 is 0 Å². The van der Waals surface area contributed by atoms with Gasteiger partial charge in [-0.15, -0.1) is 10.2 Å². The van der Waals surface area contributed by atoms with Crippen molar-refractivity contribution in [3.8, 4) is 5.69 Å². The molecular weight excluding hydrogens is 435 g/mol. The lowest BCUT2D eigenvalue weighted by Crippen LogP contribution is -2.30. The predicted octanol–water partition coefficient (Wildman–Crippen LogP) is 5.06. The fraction of sp³-hybridized carbons (Fsp3) is 0.0870. The monoisotopic (exact) mass is 452 g/mol. The Morgan fingerprint density at radius 2 is 1.68 bits per heavy atom. The van der Waals surface area contributed by atoms with E-state index in [1.165, 1.54) is 28.7 Å². The van der Waals surface area contributed by atoms with E-state index in [1.54, 1.807) is 30.3 Å². The third kappa shape index (κ3) is 5.13. The van der Waals surface area contributed by atoms with Gasteiger partial charge in [-0.2, -0.15) is 0 Å². The van der Waals surface area contributed by atoms with Gasteiger partial charge in [0.2, 0.25) is 5.91 Å². The number of nitrogens with one attached hydrogen (secondary N) is 1. The topological polar surface area (TPSA) is 59.8 Å². The summed E-state index contributed by atoms with van der Waals surface area (Å²) >= 11 is 7.21. The number of hydrogen-bond donors (Lipinski definition) is 1. The lowest BCUT2D eigenvalue weighted by atomic mass is 9.99. The average Bonchev–Trinajstić information content (AvgIpc) is 3.26. The summed E-state index contributed by atoms with van der Waals surface area (Å²) in [5, 5.41) is 12.0. The van der Waals surface area contributed by atoms with E-state index in [0.717, 1.165) is 11.1 Å². The van der Waals surface area contributed by atoms with Gasteiger partial charge in [-0.05, 0) is 35.4 Å². The van der Waals surface area contributed by atoms with E-state index in [9.17, 15) is 9.18 Å². The van der Waals surface area contributed by atoms with Crippen LogP contribution in [0, 0.1) is 5.82 Å². The van der Waals surface area contributed by atoms with Gasteiger partial charge in [0.1, 0.15) is 12.1 Å². The third-order valence-electron chi connectivity index (χ3n) is 4.60. The number of carbonyl (C=O) groups is 1. The van der Waals surface area contributed by atoms with Crippen LogP contribution in [0.1, 0.15) is 17.2 Å². The van der Waals surface area contributed by atoms with E-state index in [-0.39, 0.29) is 23.5 Å². The Morgan fingerprint density at radius 1 is 1.00 bits per heavy atom. The van der Waals surface area contributed by atoms with Crippen molar-refractivity contribution in [1.29, 1.82) is 0 Å². The molecule has 0 aliphatic carbocycles. The number of aromatic nitrogens is 3. The van der Waals surface area contributed by atoms with Crippen molar-refractivity contribution >= 4 is 29.3 Å². The van der Waals surface area contributed by atoms with Crippen LogP contribution >= 0.6 is 23.4 Å². The molecule has 8 heteroatoms. The van der Waals surface area contributed by atoms with E-state index in [1.807, 2.05) is 42.5 Å². The Balaban J connectivity index is 1.49. The number of amides is 1. The smallest absolute Gasteiger partial charge is 0.231 e. The van der Waals surface area contributed by atoms with Gasteiger partial charge in [-0.25, -0.2) is 4.39 Å². The molecule has 0 fully saturated rings. The molecule has 1 heterocycles. The maximum absolute atomic E-state index is 14.1. The van der Waals surface area contributed by atoms with Crippen LogP contribution in [0.2, 0.25) is 5.02 Å². The number of halogens is 2. The van der Waals surface area contributed by atoms with Gasteiger partial charge >= 0.3 is 0 Å². The van der Waals surface area contributed by atoms with Crippen LogP contribution < -0.4 is 5.32 Å². The van der Waals surface area contributed by atoms with Gasteiger partial charge in [0.15, 0.2) is 5.16 Å². The Hall–Kier alpha value is -3.16. The Bertz CT molecular complexity index is 1170. The Morgan fingerprint density at radius 3 is 2.42 bits per heavy atom. The molecule has 31 heavy (non-hydrogen) atoms. The first-order valence-electron chi connectivity index (χ1n) is 9.49. The summed E-state index contributed by atoms with van der Waals surface area (Å²) < 4.78 is 15.7. The zero-order valence-electron chi connectivity index (χ0n) is 16.3. The van der Waals surface area contributed by atoms with Crippen LogP contribution in [-0.4, -0.2) is 26.4 Å². The molecule has 1 aromatic heterocycles. The fourth-order valence-electron chi connectivity index (χ4n) is 3.13. The second-order valence-corrected chi connectivity index (χ2v) is 8.07. The summed E-state index contributed by atoms with van der Waals surface area (Å²) in [6.07, 6.45) is 1.43. The fourth-order valence-corrected chi connectivity index (χ4v) is 3.99. The van der Waals surface area contributed by atoms with E-state index < -0.39 is 0 Å². The Labute approximate surface area is 188 Å². The molecule has 0 aliphatic rings. The molecule has 4 aromatic rings. The van der Waals surface area contributed by atoms with Gasteiger partial charge in [-0.3, -0.25) is 9.36 Å². The van der Waals surface area contributed by atoms with E-state index in [2.05, 4.69) is 15.5 Å². The number of nitrogens with zero attached hydrogens (tertiary/aromatic N) is 3. The van der Waals surface area contributed by atoms with Crippen molar-refractivity contribution < 1.29 is 9.18 Å². The maximum Gasteiger partial charge on any atom is 0.231 e. The highest BCUT2D eigenvalue weighted by atomic mass is 35.5. The molecule has 3 aromatic carbocycles. The van der Waals surface area contributed by atoms with Crippen molar-refractivity contribution in [2.75, 3.05) is 5.75 Å². The minimum absolute atomic E-state index is 0.101. The van der Waals surface area contributed by atoms with Crippen molar-refractivity contribution in [3.63, 3.8) is 0 Å². The van der Waals surface area contributed by atoms with Crippen LogP contribution in [0.5, 0.6) is 0 Å². The molecule has 1 N–H and O–H groups in total. The summed E-state index contributed by atoms with van der Waals surface area (Å²) in [6, 6.07) is 23.1. The van der Waals surface area contributed by atoms with E-state index in [0.29, 0.717) is 15.9 Å². The van der Waals surface area contributed by atoms with Crippen LogP contribution in [0.15, 0.2) is 90.3 Å². The molecule has 0 aliphatic heterocycles. The van der Waals surface area contributed by atoms with Gasteiger partial charge in [0.05, 0.1) is 17.5 Å². The zero-order chi connectivity index (χ0) is 21.6. The molecule has 0 saturated heterocycles. The second-order valence-electron chi connectivity index (χ2n) is 6.69. The Kier molecular flexibility index (Phi) is 6.64. The average molecular weight is 453 g/mol. The highest BCUT2D eigenvalue weighted by molar-refractivity contribution is 7.99. The SMILES string of the molecule is O=C(CSc1nncn1-c1ccccc1F)N[C@@H](c1ccccc1)c1ccc(Cl)cc1. The first-order chi connectivity index (χ1) is 15.1. The molecule has 0 bridgehead atoms. The zero-order valence-corrected chi connectivity index (χ0v) is 17.9. The number of benzene rings is 3. The first-order valence-corrected chi connectivity index (χ1v) is 10.9. The van der Waals surface area contributed by atoms with Crippen LogP contribution in [-0.2, 0) is 4.79 Å². The summed E-state index contributed by atoms with van der Waals surface area (Å²) in [6.45, 7) is 0. The van der Waals surface area contributed by atoms with Crippen molar-refractivity contribution in [2.24, 2.45) is 0 Å². The van der Waals surface area contributed by atoms with E-state index in [4.69, 9.17) is 11.6 Å². The van der Waals surface area contributed by atoms with Gasteiger partial charge in [0, 0.05) is 5.02 Å². The number of thioether (sulfide) groups is 1. The number of carbonyl (C=O) groups excluding carboxylic acids is 1. The maximum atomic E-state index is 14.1. The molecule has 0 radical (unpaired) electrons. The molecule has 156 valence electrons. The number of hydrogen-bond acceptors (Lipinski definition) is 4. The van der Waals surface area contributed by atoms with Crippen LogP contribution in [0.4, 0.5) is 4.39 Å². The highest BCUT2D eigenvalue weighted by Gasteiger charge is 2.18. The van der Waals surface area contributed by atoms with Crippen molar-refractivity contribution in [2.45, 2.75) is 11.2 Å². The largest absolute Gasteiger partial charge is 0.344 e. The second kappa shape index (κ2) is 9.76. The van der Waals surface area contributed by atoms with Crippen LogP contribution in [0.3, 0.4) is 0 Å². The van der Waals surface area contributed by atoms with Crippen molar-refractivity contribution in [3.05, 3.63) is 107 Å². The van der Waals surface area contributed by atoms with Gasteiger partial charge in [-0.1, -0.05) is 78.0 Å². The van der Waals surface area contributed by atoms with Gasteiger partial charge < -0.3 is 5.32 Å². The third-order valence-corrected chi connectivity index (χ3v) is 5.80. The lowest BCUT2D eigenvalue weighted by molar-refractivity contribution is -0.119. The van der Waals surface area contributed by atoms with Crippen LogP contribution in [0.25, 0.3) is 5.69 Å². The van der Waals surface area contributed by atoms with Crippen molar-refractivity contribution in [1.82, 2.24) is 20.1 Å². The molecule has 1 atom stereocenters. The molecule has 1 amide bonds. The summed E-state index contributed by atoms with van der Waals surface area (Å²) in [7, 11) is 0. The molecule has 5 nitrogen and oxygen atoms in total. The number of rotatable bonds is 7. The minimum Gasteiger partial charge on any atom is -0.344 e. The highest BCUT2D eigenvalue weighted by Crippen LogP contribution is 2.25. The number of para-hydroxylation sites is 1. The standard InChI is InChI=1S/C23H18ClFN4OS/c24-18-12-10-17(11-13-18)22(16-6-2-1-3-7-16)27-21(30)14-31-23-28-26-15-29(23)20-9-5-4-8-19(20)25/h1-13,15,22H,14H2,(H,27,30)/t22-/m0/s1. The van der Waals surface area contributed by atoms with Gasteiger partial charge in [0.25, 0.3) is 0 Å². The minimum atomic E-state index is -0.388. The quantitative estimate of drug-likeness (QED) is 0.398. The molecule has 0 unspecified atom stereocenters. The summed E-state index contributed by atoms with van der Waals surface area (Å²) in [4.78, 5) is 12.8.